The largest absolute Gasteiger partial charge is 0.348 e. The van der Waals surface area contributed by atoms with Crippen molar-refractivity contribution in [3.8, 4) is 0 Å². The van der Waals surface area contributed by atoms with Crippen LogP contribution in [0, 0.1) is 0 Å². The van der Waals surface area contributed by atoms with Crippen molar-refractivity contribution in [3.05, 3.63) is 0 Å². The molecule has 0 unspecified atom stereocenters. The fourth-order valence-electron chi connectivity index (χ4n) is 0.898. The molecule has 0 atom stereocenters. The quantitative estimate of drug-likeness (QED) is 0.576. The third kappa shape index (κ3) is 6.54. The van der Waals surface area contributed by atoms with Gasteiger partial charge in [0.15, 0.2) is 0 Å². The SMILES string of the molecule is CCNCCN(C)CC(=O)N(C)C. The molecule has 0 aromatic carbocycles. The van der Waals surface area contributed by atoms with Crippen molar-refractivity contribution in [3.63, 3.8) is 0 Å². The second-order valence-corrected chi connectivity index (χ2v) is 3.38. The minimum absolute atomic E-state index is 0.152. The molecule has 0 spiro atoms. The van der Waals surface area contributed by atoms with Gasteiger partial charge in [-0.25, -0.2) is 0 Å². The number of hydrogen-bond acceptors (Lipinski definition) is 3. The van der Waals surface area contributed by atoms with Crippen molar-refractivity contribution in [1.82, 2.24) is 15.1 Å². The van der Waals surface area contributed by atoms with Gasteiger partial charge in [-0.2, -0.15) is 0 Å². The summed E-state index contributed by atoms with van der Waals surface area (Å²) in [4.78, 5) is 14.9. The maximum Gasteiger partial charge on any atom is 0.236 e. The summed E-state index contributed by atoms with van der Waals surface area (Å²) in [5.74, 6) is 0.152. The fourth-order valence-corrected chi connectivity index (χ4v) is 0.898. The molecule has 0 aromatic rings. The molecule has 0 aliphatic carbocycles. The lowest BCUT2D eigenvalue weighted by atomic mass is 10.4. The molecule has 0 rings (SSSR count). The van der Waals surface area contributed by atoms with E-state index in [1.54, 1.807) is 19.0 Å². The molecule has 4 nitrogen and oxygen atoms in total. The number of nitrogens with one attached hydrogen (secondary N) is 1. The van der Waals surface area contributed by atoms with Crippen LogP contribution in [-0.2, 0) is 4.79 Å². The van der Waals surface area contributed by atoms with E-state index < -0.39 is 0 Å². The van der Waals surface area contributed by atoms with Crippen molar-refractivity contribution in [1.29, 1.82) is 0 Å². The maximum absolute atomic E-state index is 11.2. The van der Waals surface area contributed by atoms with Gasteiger partial charge in [0.25, 0.3) is 0 Å². The normalized spacial score (nSPS) is 10.5. The number of rotatable bonds is 6. The maximum atomic E-state index is 11.2. The Kier molecular flexibility index (Phi) is 6.54. The molecule has 0 aliphatic heterocycles. The molecule has 1 amide bonds. The van der Waals surface area contributed by atoms with Crippen LogP contribution < -0.4 is 5.32 Å². The molecule has 1 N–H and O–H groups in total. The third-order valence-corrected chi connectivity index (χ3v) is 1.82. The number of amides is 1. The number of carbonyl (C=O) groups is 1. The van der Waals surface area contributed by atoms with Gasteiger partial charge < -0.3 is 10.2 Å². The Morgan fingerprint density at radius 1 is 1.31 bits per heavy atom. The van der Waals surface area contributed by atoms with E-state index in [4.69, 9.17) is 0 Å². The molecule has 0 aromatic heterocycles. The molecular formula is C9H21N3O. The summed E-state index contributed by atoms with van der Waals surface area (Å²) in [6.45, 7) is 5.40. The number of hydrogen-bond donors (Lipinski definition) is 1. The van der Waals surface area contributed by atoms with E-state index in [-0.39, 0.29) is 5.91 Å². The summed E-state index contributed by atoms with van der Waals surface area (Å²) in [5, 5.41) is 3.22. The lowest BCUT2D eigenvalue weighted by Crippen LogP contribution is -2.37. The Bertz CT molecular complexity index is 148. The molecule has 0 bridgehead atoms. The number of nitrogens with zero attached hydrogens (tertiary/aromatic N) is 2. The molecule has 0 saturated heterocycles. The second-order valence-electron chi connectivity index (χ2n) is 3.38. The van der Waals surface area contributed by atoms with E-state index in [1.807, 2.05) is 11.9 Å². The highest BCUT2D eigenvalue weighted by atomic mass is 16.2. The summed E-state index contributed by atoms with van der Waals surface area (Å²) in [5.41, 5.74) is 0. The van der Waals surface area contributed by atoms with Crippen LogP contribution in [0.15, 0.2) is 0 Å². The van der Waals surface area contributed by atoms with E-state index in [2.05, 4.69) is 12.2 Å². The first kappa shape index (κ1) is 12.4. The van der Waals surface area contributed by atoms with Crippen LogP contribution in [0.4, 0.5) is 0 Å². The number of carbonyl (C=O) groups excluding carboxylic acids is 1. The Hall–Kier alpha value is -0.610. The summed E-state index contributed by atoms with van der Waals surface area (Å²) in [6.07, 6.45) is 0. The van der Waals surface area contributed by atoms with Crippen molar-refractivity contribution in [2.24, 2.45) is 0 Å². The van der Waals surface area contributed by atoms with E-state index in [9.17, 15) is 4.79 Å². The summed E-state index contributed by atoms with van der Waals surface area (Å²) in [7, 11) is 5.51. The lowest BCUT2D eigenvalue weighted by Gasteiger charge is -2.18. The fraction of sp³-hybridized carbons (Fsp3) is 0.889. The zero-order valence-corrected chi connectivity index (χ0v) is 9.13. The van der Waals surface area contributed by atoms with Crippen molar-refractivity contribution in [2.45, 2.75) is 6.92 Å². The van der Waals surface area contributed by atoms with Crippen molar-refractivity contribution < 1.29 is 4.79 Å². The van der Waals surface area contributed by atoms with Gasteiger partial charge in [0.2, 0.25) is 5.91 Å². The Morgan fingerprint density at radius 3 is 2.38 bits per heavy atom. The van der Waals surface area contributed by atoms with Crippen LogP contribution in [0.5, 0.6) is 0 Å². The second kappa shape index (κ2) is 6.86. The van der Waals surface area contributed by atoms with Crippen LogP contribution in [0.3, 0.4) is 0 Å². The molecule has 0 fully saturated rings. The lowest BCUT2D eigenvalue weighted by molar-refractivity contribution is -0.129. The zero-order valence-electron chi connectivity index (χ0n) is 9.13. The first-order valence-electron chi connectivity index (χ1n) is 4.67. The minimum Gasteiger partial charge on any atom is -0.348 e. The smallest absolute Gasteiger partial charge is 0.236 e. The van der Waals surface area contributed by atoms with Gasteiger partial charge >= 0.3 is 0 Å². The summed E-state index contributed by atoms with van der Waals surface area (Å²) < 4.78 is 0. The third-order valence-electron chi connectivity index (χ3n) is 1.82. The van der Waals surface area contributed by atoms with Crippen LogP contribution in [-0.4, -0.2) is 63.0 Å². The van der Waals surface area contributed by atoms with E-state index in [1.165, 1.54) is 0 Å². The van der Waals surface area contributed by atoms with Gasteiger partial charge in [-0.05, 0) is 13.6 Å². The highest BCUT2D eigenvalue weighted by Crippen LogP contribution is 1.85. The Balaban J connectivity index is 3.50. The molecule has 0 heterocycles. The van der Waals surface area contributed by atoms with Gasteiger partial charge in [0.05, 0.1) is 6.54 Å². The predicted octanol–water partition coefficient (Wildman–Crippen LogP) is -0.384. The average Bonchev–Trinajstić information content (AvgIpc) is 2.04. The standard InChI is InChI=1S/C9H21N3O/c1-5-10-6-7-12(4)8-9(13)11(2)3/h10H,5-8H2,1-4H3. The Morgan fingerprint density at radius 2 is 1.92 bits per heavy atom. The highest BCUT2D eigenvalue weighted by Gasteiger charge is 2.06. The van der Waals surface area contributed by atoms with Gasteiger partial charge in [0, 0.05) is 27.2 Å². The molecule has 4 heteroatoms. The predicted molar refractivity (Wildman–Crippen MR) is 54.7 cm³/mol. The summed E-state index contributed by atoms with van der Waals surface area (Å²) >= 11 is 0. The molecular weight excluding hydrogens is 166 g/mol. The van der Waals surface area contributed by atoms with Gasteiger partial charge in [-0.3, -0.25) is 9.69 Å². The van der Waals surface area contributed by atoms with Crippen molar-refractivity contribution >= 4 is 5.91 Å². The van der Waals surface area contributed by atoms with Gasteiger partial charge in [-0.1, -0.05) is 6.92 Å². The molecule has 13 heavy (non-hydrogen) atoms. The van der Waals surface area contributed by atoms with E-state index >= 15 is 0 Å². The molecule has 0 saturated carbocycles. The van der Waals surface area contributed by atoms with Crippen LogP contribution in [0.1, 0.15) is 6.92 Å². The van der Waals surface area contributed by atoms with E-state index in [0.29, 0.717) is 6.54 Å². The molecule has 0 aliphatic rings. The van der Waals surface area contributed by atoms with Crippen LogP contribution >= 0.6 is 0 Å². The first-order valence-corrected chi connectivity index (χ1v) is 4.67. The molecule has 78 valence electrons. The number of likely N-dealkylation sites (N-methyl/N-ethyl adjacent to an activating group) is 3. The monoisotopic (exact) mass is 187 g/mol. The van der Waals surface area contributed by atoms with Crippen molar-refractivity contribution in [2.75, 3.05) is 47.3 Å². The Labute approximate surface area is 80.9 Å². The topological polar surface area (TPSA) is 35.6 Å². The van der Waals surface area contributed by atoms with Gasteiger partial charge in [-0.15, -0.1) is 0 Å². The zero-order chi connectivity index (χ0) is 10.3. The minimum atomic E-state index is 0.152. The first-order chi connectivity index (χ1) is 6.07. The molecule has 0 radical (unpaired) electrons. The average molecular weight is 187 g/mol. The van der Waals surface area contributed by atoms with E-state index in [0.717, 1.165) is 19.6 Å². The van der Waals surface area contributed by atoms with Crippen LogP contribution in [0.25, 0.3) is 0 Å². The van der Waals surface area contributed by atoms with Crippen LogP contribution in [0.2, 0.25) is 0 Å². The summed E-state index contributed by atoms with van der Waals surface area (Å²) in [6, 6.07) is 0. The highest BCUT2D eigenvalue weighted by molar-refractivity contribution is 5.77. The van der Waals surface area contributed by atoms with Gasteiger partial charge in [0.1, 0.15) is 0 Å².